The lowest BCUT2D eigenvalue weighted by molar-refractivity contribution is -0.118. The topological polar surface area (TPSA) is 87.1 Å². The lowest BCUT2D eigenvalue weighted by atomic mass is 9.97. The zero-order valence-electron chi connectivity index (χ0n) is 13.8. The van der Waals surface area contributed by atoms with Gasteiger partial charge in [0.1, 0.15) is 11.4 Å². The highest BCUT2D eigenvalue weighted by molar-refractivity contribution is 7.18. The average molecular weight is 390 g/mol. The van der Waals surface area contributed by atoms with Crippen LogP contribution in [0.15, 0.2) is 33.9 Å². The van der Waals surface area contributed by atoms with Gasteiger partial charge >= 0.3 is 5.69 Å². The standard InChI is InChI=1S/C18H16ClN3O3S/c19-10-4-3-5-11(8-10)22-16(24)15-12-6-1-2-7-13(12)26-17(15)21(18(22)25)9-14(20)23/h3-5,8H,1-2,6-7,9H2,(H2,20,23). The van der Waals surface area contributed by atoms with E-state index in [1.54, 1.807) is 24.3 Å². The fraction of sp³-hybridized carbons (Fsp3) is 0.278. The number of nitrogens with zero attached hydrogens (tertiary/aromatic N) is 2. The van der Waals surface area contributed by atoms with Crippen LogP contribution in [0.25, 0.3) is 15.9 Å². The summed E-state index contributed by atoms with van der Waals surface area (Å²) in [6.07, 6.45) is 3.75. The Morgan fingerprint density at radius 1 is 1.23 bits per heavy atom. The highest BCUT2D eigenvalue weighted by Gasteiger charge is 2.24. The number of nitrogens with two attached hydrogens (primary N) is 1. The first-order valence-electron chi connectivity index (χ1n) is 8.31. The number of rotatable bonds is 3. The first-order valence-corrected chi connectivity index (χ1v) is 9.51. The lowest BCUT2D eigenvalue weighted by Crippen LogP contribution is -2.40. The molecule has 6 nitrogen and oxygen atoms in total. The van der Waals surface area contributed by atoms with Gasteiger partial charge in [-0.2, -0.15) is 0 Å². The number of amides is 1. The Bertz CT molecular complexity index is 1160. The molecule has 1 aliphatic rings. The largest absolute Gasteiger partial charge is 0.368 e. The van der Waals surface area contributed by atoms with Crippen molar-refractivity contribution in [2.75, 3.05) is 0 Å². The molecule has 0 spiro atoms. The van der Waals surface area contributed by atoms with E-state index in [1.165, 1.54) is 15.9 Å². The van der Waals surface area contributed by atoms with Crippen LogP contribution in [-0.4, -0.2) is 15.0 Å². The number of fused-ring (bicyclic) bond motifs is 3. The summed E-state index contributed by atoms with van der Waals surface area (Å²) in [5.74, 6) is -0.629. The fourth-order valence-corrected chi connectivity index (χ4v) is 5.06. The minimum Gasteiger partial charge on any atom is -0.368 e. The summed E-state index contributed by atoms with van der Waals surface area (Å²) in [6.45, 7) is -0.268. The maximum Gasteiger partial charge on any atom is 0.337 e. The molecule has 4 rings (SSSR count). The Kier molecular flexibility index (Phi) is 4.20. The zero-order chi connectivity index (χ0) is 18.4. The Morgan fingerprint density at radius 3 is 2.73 bits per heavy atom. The van der Waals surface area contributed by atoms with Crippen molar-refractivity contribution in [3.63, 3.8) is 0 Å². The van der Waals surface area contributed by atoms with Crippen molar-refractivity contribution < 1.29 is 4.79 Å². The molecule has 3 aromatic rings. The molecular formula is C18H16ClN3O3S. The van der Waals surface area contributed by atoms with Gasteiger partial charge in [-0.3, -0.25) is 14.2 Å². The number of hydrogen-bond acceptors (Lipinski definition) is 4. The molecule has 1 aliphatic carbocycles. The molecule has 8 heteroatoms. The Morgan fingerprint density at radius 2 is 2.00 bits per heavy atom. The Labute approximate surface area is 157 Å². The minimum atomic E-state index is -0.629. The number of carbonyl (C=O) groups is 1. The number of carbonyl (C=O) groups excluding carboxylic acids is 1. The second-order valence-electron chi connectivity index (χ2n) is 6.35. The molecule has 0 bridgehead atoms. The number of aryl methyl sites for hydroxylation is 2. The lowest BCUT2D eigenvalue weighted by Gasteiger charge is -2.12. The normalized spacial score (nSPS) is 13.7. The molecule has 0 fully saturated rings. The van der Waals surface area contributed by atoms with Crippen LogP contribution in [0.2, 0.25) is 5.02 Å². The van der Waals surface area contributed by atoms with Crippen molar-refractivity contribution in [3.8, 4) is 5.69 Å². The van der Waals surface area contributed by atoms with Crippen LogP contribution in [-0.2, 0) is 24.2 Å². The summed E-state index contributed by atoms with van der Waals surface area (Å²) in [4.78, 5) is 39.5. The number of thiophene rings is 1. The summed E-state index contributed by atoms with van der Waals surface area (Å²) in [7, 11) is 0. The highest BCUT2D eigenvalue weighted by Crippen LogP contribution is 2.34. The quantitative estimate of drug-likeness (QED) is 0.745. The van der Waals surface area contributed by atoms with E-state index in [0.717, 1.165) is 40.7 Å². The summed E-state index contributed by atoms with van der Waals surface area (Å²) < 4.78 is 2.39. The third-order valence-corrected chi connectivity index (χ3v) is 6.17. The van der Waals surface area contributed by atoms with Crippen molar-refractivity contribution in [1.29, 1.82) is 0 Å². The Hall–Kier alpha value is -2.38. The molecule has 0 atom stereocenters. The summed E-state index contributed by atoms with van der Waals surface area (Å²) >= 11 is 7.46. The number of benzene rings is 1. The van der Waals surface area contributed by atoms with Crippen LogP contribution in [0.3, 0.4) is 0 Å². The van der Waals surface area contributed by atoms with Gasteiger partial charge in [0.05, 0.1) is 11.1 Å². The molecule has 2 N–H and O–H groups in total. The summed E-state index contributed by atoms with van der Waals surface area (Å²) in [6, 6.07) is 6.55. The molecule has 1 amide bonds. The summed E-state index contributed by atoms with van der Waals surface area (Å²) in [5.41, 5.74) is 5.78. The third-order valence-electron chi connectivity index (χ3n) is 4.62. The molecule has 1 aromatic carbocycles. The van der Waals surface area contributed by atoms with Crippen molar-refractivity contribution in [2.24, 2.45) is 5.73 Å². The van der Waals surface area contributed by atoms with Crippen LogP contribution >= 0.6 is 22.9 Å². The maximum atomic E-state index is 13.2. The van der Waals surface area contributed by atoms with Crippen molar-refractivity contribution >= 4 is 39.1 Å². The van der Waals surface area contributed by atoms with Crippen molar-refractivity contribution in [1.82, 2.24) is 9.13 Å². The van der Waals surface area contributed by atoms with E-state index in [2.05, 4.69) is 0 Å². The fourth-order valence-electron chi connectivity index (χ4n) is 3.51. The second-order valence-corrected chi connectivity index (χ2v) is 7.87. The molecule has 0 saturated carbocycles. The molecule has 0 radical (unpaired) electrons. The van der Waals surface area contributed by atoms with E-state index >= 15 is 0 Å². The molecule has 26 heavy (non-hydrogen) atoms. The maximum absolute atomic E-state index is 13.2. The van der Waals surface area contributed by atoms with Gasteiger partial charge in [0, 0.05) is 9.90 Å². The van der Waals surface area contributed by atoms with Gasteiger partial charge in [-0.15, -0.1) is 11.3 Å². The van der Waals surface area contributed by atoms with Gasteiger partial charge in [0.15, 0.2) is 0 Å². The molecule has 2 aromatic heterocycles. The van der Waals surface area contributed by atoms with Crippen LogP contribution in [0.1, 0.15) is 23.3 Å². The molecular weight excluding hydrogens is 374 g/mol. The SMILES string of the molecule is NC(=O)Cn1c(=O)n(-c2cccc(Cl)c2)c(=O)c2c3c(sc21)CCCC3. The van der Waals surface area contributed by atoms with Crippen LogP contribution in [0.5, 0.6) is 0 Å². The van der Waals surface area contributed by atoms with Gasteiger partial charge in [0.25, 0.3) is 5.56 Å². The Balaban J connectivity index is 2.14. The van der Waals surface area contributed by atoms with Gasteiger partial charge in [0.2, 0.25) is 5.91 Å². The molecule has 0 aliphatic heterocycles. The van der Waals surface area contributed by atoms with E-state index in [4.69, 9.17) is 17.3 Å². The number of hydrogen-bond donors (Lipinski definition) is 1. The predicted molar refractivity (Wildman–Crippen MR) is 103 cm³/mol. The van der Waals surface area contributed by atoms with E-state index in [9.17, 15) is 14.4 Å². The van der Waals surface area contributed by atoms with Crippen molar-refractivity contribution in [3.05, 3.63) is 60.6 Å². The number of aromatic nitrogens is 2. The third kappa shape index (κ3) is 2.68. The zero-order valence-corrected chi connectivity index (χ0v) is 15.4. The van der Waals surface area contributed by atoms with Crippen LogP contribution in [0, 0.1) is 0 Å². The predicted octanol–water partition coefficient (Wildman–Crippen LogP) is 2.23. The number of primary amides is 1. The first kappa shape index (κ1) is 17.1. The molecule has 2 heterocycles. The number of halogens is 1. The van der Waals surface area contributed by atoms with E-state index < -0.39 is 11.6 Å². The van der Waals surface area contributed by atoms with Crippen molar-refractivity contribution in [2.45, 2.75) is 32.2 Å². The van der Waals surface area contributed by atoms with Gasteiger partial charge in [-0.05, 0) is 49.4 Å². The smallest absolute Gasteiger partial charge is 0.337 e. The molecule has 134 valence electrons. The average Bonchev–Trinajstić information content (AvgIpc) is 2.98. The molecule has 0 saturated heterocycles. The van der Waals surface area contributed by atoms with E-state index in [0.29, 0.717) is 20.9 Å². The second kappa shape index (κ2) is 6.41. The summed E-state index contributed by atoms with van der Waals surface area (Å²) in [5, 5.41) is 0.938. The van der Waals surface area contributed by atoms with Gasteiger partial charge in [-0.1, -0.05) is 17.7 Å². The van der Waals surface area contributed by atoms with E-state index in [-0.39, 0.29) is 12.1 Å². The van der Waals surface area contributed by atoms with Gasteiger partial charge < -0.3 is 5.73 Å². The minimum absolute atomic E-state index is 0.268. The van der Waals surface area contributed by atoms with Crippen LogP contribution in [0.4, 0.5) is 0 Å². The monoisotopic (exact) mass is 389 g/mol. The highest BCUT2D eigenvalue weighted by atomic mass is 35.5. The first-order chi connectivity index (χ1) is 12.5. The van der Waals surface area contributed by atoms with Gasteiger partial charge in [-0.25, -0.2) is 9.36 Å². The van der Waals surface area contributed by atoms with Crippen LogP contribution < -0.4 is 17.0 Å². The van der Waals surface area contributed by atoms with E-state index in [1.807, 2.05) is 0 Å². The molecule has 0 unspecified atom stereocenters.